The van der Waals surface area contributed by atoms with E-state index in [1.165, 1.54) is 30.4 Å². The van der Waals surface area contributed by atoms with E-state index in [-0.39, 0.29) is 0 Å². The van der Waals surface area contributed by atoms with Crippen LogP contribution < -0.4 is 0 Å². The summed E-state index contributed by atoms with van der Waals surface area (Å²) < 4.78 is 0. The van der Waals surface area contributed by atoms with Crippen LogP contribution in [0.1, 0.15) is 36.0 Å². The first kappa shape index (κ1) is 11.2. The summed E-state index contributed by atoms with van der Waals surface area (Å²) in [6.45, 7) is 0. The van der Waals surface area contributed by atoms with Crippen LogP contribution in [0.25, 0.3) is 0 Å². The third kappa shape index (κ3) is 2.38. The molecule has 0 heterocycles. The molecule has 92 valence electrons. The number of fused-ring (bicyclic) bond motifs is 1. The van der Waals surface area contributed by atoms with Crippen LogP contribution in [0.3, 0.4) is 0 Å². The second-order valence-corrected chi connectivity index (χ2v) is 5.56. The summed E-state index contributed by atoms with van der Waals surface area (Å²) in [5.74, 6) is 0.347. The minimum atomic E-state index is -0.595. The monoisotopic (exact) mass is 232 g/mol. The molecule has 1 fully saturated rings. The van der Waals surface area contributed by atoms with Crippen LogP contribution in [0.15, 0.2) is 18.2 Å². The van der Waals surface area contributed by atoms with Crippen molar-refractivity contribution >= 4 is 0 Å². The zero-order valence-electron chi connectivity index (χ0n) is 10.1. The van der Waals surface area contributed by atoms with E-state index in [1.54, 1.807) is 0 Å². The molecule has 2 N–H and O–H groups in total. The van der Waals surface area contributed by atoms with E-state index in [1.807, 2.05) is 0 Å². The normalized spacial score (nSPS) is 22.2. The van der Waals surface area contributed by atoms with Gasteiger partial charge in [0.05, 0.1) is 12.2 Å². The molecule has 0 saturated heterocycles. The topological polar surface area (TPSA) is 40.5 Å². The molecule has 2 nitrogen and oxygen atoms in total. The van der Waals surface area contributed by atoms with E-state index >= 15 is 0 Å². The highest BCUT2D eigenvalue weighted by Gasteiger charge is 2.34. The Balaban J connectivity index is 1.68. The lowest BCUT2D eigenvalue weighted by atomic mass is 9.98. The number of aryl methyl sites for hydroxylation is 2. The first-order valence-corrected chi connectivity index (χ1v) is 6.71. The minimum Gasteiger partial charge on any atom is -0.390 e. The van der Waals surface area contributed by atoms with Crippen molar-refractivity contribution in [1.29, 1.82) is 0 Å². The van der Waals surface area contributed by atoms with Gasteiger partial charge in [0, 0.05) is 6.42 Å². The molecule has 0 amide bonds. The van der Waals surface area contributed by atoms with Crippen LogP contribution in [0.4, 0.5) is 0 Å². The molecule has 2 aliphatic rings. The molecule has 0 bridgehead atoms. The van der Waals surface area contributed by atoms with Gasteiger partial charge >= 0.3 is 0 Å². The lowest BCUT2D eigenvalue weighted by molar-refractivity contribution is 0.00673. The van der Waals surface area contributed by atoms with E-state index in [2.05, 4.69) is 18.2 Å². The van der Waals surface area contributed by atoms with E-state index < -0.39 is 12.2 Å². The average molecular weight is 232 g/mol. The van der Waals surface area contributed by atoms with E-state index in [9.17, 15) is 10.2 Å². The molecule has 0 radical (unpaired) electrons. The molecule has 1 aromatic rings. The summed E-state index contributed by atoms with van der Waals surface area (Å²) in [6.07, 6.45) is 5.24. The third-order valence-corrected chi connectivity index (χ3v) is 4.11. The Morgan fingerprint density at radius 1 is 1.12 bits per heavy atom. The van der Waals surface area contributed by atoms with E-state index in [0.29, 0.717) is 12.3 Å². The Morgan fingerprint density at radius 2 is 1.88 bits per heavy atom. The van der Waals surface area contributed by atoms with Crippen molar-refractivity contribution in [1.82, 2.24) is 0 Å². The fourth-order valence-electron chi connectivity index (χ4n) is 2.87. The molecule has 0 spiro atoms. The van der Waals surface area contributed by atoms with E-state index in [0.717, 1.165) is 18.4 Å². The Hall–Kier alpha value is -0.860. The zero-order chi connectivity index (χ0) is 11.8. The summed E-state index contributed by atoms with van der Waals surface area (Å²) in [7, 11) is 0. The van der Waals surface area contributed by atoms with Crippen LogP contribution in [0.5, 0.6) is 0 Å². The average Bonchev–Trinajstić information content (AvgIpc) is 3.07. The van der Waals surface area contributed by atoms with Gasteiger partial charge in [0.1, 0.15) is 0 Å². The van der Waals surface area contributed by atoms with Gasteiger partial charge in [-0.25, -0.2) is 0 Å². The Bertz CT molecular complexity index is 409. The number of rotatable bonds is 4. The van der Waals surface area contributed by atoms with Crippen LogP contribution in [-0.4, -0.2) is 22.4 Å². The fourth-order valence-corrected chi connectivity index (χ4v) is 2.87. The molecule has 0 aliphatic heterocycles. The quantitative estimate of drug-likeness (QED) is 0.831. The molecular formula is C15H20O2. The molecule has 1 saturated carbocycles. The van der Waals surface area contributed by atoms with Gasteiger partial charge in [0.25, 0.3) is 0 Å². The molecule has 2 unspecified atom stereocenters. The lowest BCUT2D eigenvalue weighted by Gasteiger charge is -2.17. The number of aliphatic hydroxyl groups excluding tert-OH is 2. The van der Waals surface area contributed by atoms with Crippen LogP contribution in [0, 0.1) is 5.92 Å². The summed E-state index contributed by atoms with van der Waals surface area (Å²) >= 11 is 0. The summed E-state index contributed by atoms with van der Waals surface area (Å²) in [5.41, 5.74) is 4.07. The van der Waals surface area contributed by atoms with Gasteiger partial charge in [-0.05, 0) is 54.7 Å². The molecule has 2 aliphatic carbocycles. The van der Waals surface area contributed by atoms with Crippen LogP contribution >= 0.6 is 0 Å². The van der Waals surface area contributed by atoms with Crippen molar-refractivity contribution in [3.63, 3.8) is 0 Å². The number of aliphatic hydroxyl groups is 2. The molecule has 3 rings (SSSR count). The molecule has 2 heteroatoms. The minimum absolute atomic E-state index is 0.347. The maximum Gasteiger partial charge on any atom is 0.0842 e. The molecule has 2 atom stereocenters. The standard InChI is InChI=1S/C15H20O2/c16-14(15(17)12-6-7-12)9-10-4-5-11-2-1-3-13(11)8-10/h4-5,8,12,14-17H,1-3,6-7,9H2. The van der Waals surface area contributed by atoms with Gasteiger partial charge in [-0.2, -0.15) is 0 Å². The van der Waals surface area contributed by atoms with E-state index in [4.69, 9.17) is 0 Å². The Labute approximate surface area is 102 Å². The number of hydrogen-bond donors (Lipinski definition) is 2. The van der Waals surface area contributed by atoms with Crippen molar-refractivity contribution in [2.75, 3.05) is 0 Å². The first-order chi connectivity index (χ1) is 8.24. The van der Waals surface area contributed by atoms with Gasteiger partial charge < -0.3 is 10.2 Å². The largest absolute Gasteiger partial charge is 0.390 e. The Morgan fingerprint density at radius 3 is 2.65 bits per heavy atom. The Kier molecular flexibility index (Phi) is 2.93. The maximum atomic E-state index is 9.98. The van der Waals surface area contributed by atoms with Crippen LogP contribution in [0.2, 0.25) is 0 Å². The van der Waals surface area contributed by atoms with Gasteiger partial charge in [-0.15, -0.1) is 0 Å². The van der Waals surface area contributed by atoms with Gasteiger partial charge in [-0.3, -0.25) is 0 Å². The van der Waals surface area contributed by atoms with Gasteiger partial charge in [0.15, 0.2) is 0 Å². The predicted molar refractivity (Wildman–Crippen MR) is 66.9 cm³/mol. The second-order valence-electron chi connectivity index (χ2n) is 5.56. The van der Waals surface area contributed by atoms with Crippen molar-refractivity contribution in [3.05, 3.63) is 34.9 Å². The number of hydrogen-bond acceptors (Lipinski definition) is 2. The summed E-state index contributed by atoms with van der Waals surface area (Å²) in [6, 6.07) is 6.51. The maximum absolute atomic E-state index is 9.98. The van der Waals surface area contributed by atoms with Crippen molar-refractivity contribution in [2.24, 2.45) is 5.92 Å². The molecule has 17 heavy (non-hydrogen) atoms. The number of benzene rings is 1. The molecule has 1 aromatic carbocycles. The highest BCUT2D eigenvalue weighted by Crippen LogP contribution is 2.34. The van der Waals surface area contributed by atoms with Crippen molar-refractivity contribution in [3.8, 4) is 0 Å². The SMILES string of the molecule is OC(Cc1ccc2c(c1)CCC2)C(O)C1CC1. The first-order valence-electron chi connectivity index (χ1n) is 6.71. The summed E-state index contributed by atoms with van der Waals surface area (Å²) in [5, 5.41) is 19.8. The fraction of sp³-hybridized carbons (Fsp3) is 0.600. The predicted octanol–water partition coefficient (Wildman–Crippen LogP) is 1.85. The second kappa shape index (κ2) is 4.43. The highest BCUT2D eigenvalue weighted by atomic mass is 16.3. The smallest absolute Gasteiger partial charge is 0.0842 e. The summed E-state index contributed by atoms with van der Waals surface area (Å²) in [4.78, 5) is 0. The van der Waals surface area contributed by atoms with Crippen molar-refractivity contribution < 1.29 is 10.2 Å². The zero-order valence-corrected chi connectivity index (χ0v) is 10.1. The highest BCUT2D eigenvalue weighted by molar-refractivity contribution is 5.35. The van der Waals surface area contributed by atoms with Crippen molar-refractivity contribution in [2.45, 2.75) is 50.7 Å². The third-order valence-electron chi connectivity index (χ3n) is 4.11. The van der Waals surface area contributed by atoms with Gasteiger partial charge in [-0.1, -0.05) is 18.2 Å². The lowest BCUT2D eigenvalue weighted by Crippen LogP contribution is -2.29. The van der Waals surface area contributed by atoms with Gasteiger partial charge in [0.2, 0.25) is 0 Å². The molecule has 0 aromatic heterocycles. The van der Waals surface area contributed by atoms with Crippen LogP contribution in [-0.2, 0) is 19.3 Å². The molecular weight excluding hydrogens is 212 g/mol.